The molecule has 3 heteroatoms. The van der Waals surface area contributed by atoms with Crippen LogP contribution in [0, 0.1) is 5.92 Å². The van der Waals surface area contributed by atoms with Crippen LogP contribution in [-0.2, 0) is 0 Å². The molecule has 0 radical (unpaired) electrons. The molecule has 0 spiro atoms. The average molecular weight is 260 g/mol. The molecule has 0 fully saturated rings. The van der Waals surface area contributed by atoms with Gasteiger partial charge in [-0.2, -0.15) is 0 Å². The lowest BCUT2D eigenvalue weighted by Crippen LogP contribution is -2.19. The minimum atomic E-state index is 0.427. The highest BCUT2D eigenvalue weighted by atomic mass is 35.5. The van der Waals surface area contributed by atoms with Gasteiger partial charge >= 0.3 is 0 Å². The number of unbranched alkanes of at least 4 members (excludes halogenated alkanes) is 1. The monoisotopic (exact) mass is 259 g/mol. The van der Waals surface area contributed by atoms with Gasteiger partial charge in [0.15, 0.2) is 0 Å². The zero-order chi connectivity index (χ0) is 12.0. The van der Waals surface area contributed by atoms with Crippen LogP contribution in [-0.4, -0.2) is 6.54 Å². The first kappa shape index (κ1) is 14.0. The van der Waals surface area contributed by atoms with Crippen LogP contribution in [0.4, 0.5) is 0 Å². The molecule has 1 aromatic rings. The van der Waals surface area contributed by atoms with E-state index in [-0.39, 0.29) is 0 Å². The van der Waals surface area contributed by atoms with E-state index >= 15 is 0 Å². The fraction of sp³-hybridized carbons (Fsp3) is 0.692. The Morgan fingerprint density at radius 3 is 2.56 bits per heavy atom. The summed E-state index contributed by atoms with van der Waals surface area (Å²) in [7, 11) is 0. The molecule has 0 aliphatic rings. The zero-order valence-corrected chi connectivity index (χ0v) is 12.0. The Morgan fingerprint density at radius 2 is 2.00 bits per heavy atom. The first-order chi connectivity index (χ1) is 7.59. The van der Waals surface area contributed by atoms with Crippen molar-refractivity contribution in [2.24, 2.45) is 5.92 Å². The first-order valence-corrected chi connectivity index (χ1v) is 7.27. The molecular formula is C13H22ClNS. The number of hydrogen-bond donors (Lipinski definition) is 1. The minimum absolute atomic E-state index is 0.427. The summed E-state index contributed by atoms with van der Waals surface area (Å²) in [6.45, 7) is 7.86. The van der Waals surface area contributed by atoms with E-state index in [9.17, 15) is 0 Å². The lowest BCUT2D eigenvalue weighted by molar-refractivity contribution is 0.500. The summed E-state index contributed by atoms with van der Waals surface area (Å²) in [6.07, 6.45) is 3.92. The third kappa shape index (κ3) is 5.33. The van der Waals surface area contributed by atoms with Crippen LogP contribution in [0.25, 0.3) is 0 Å². The van der Waals surface area contributed by atoms with Gasteiger partial charge in [-0.25, -0.2) is 0 Å². The van der Waals surface area contributed by atoms with Gasteiger partial charge in [0.1, 0.15) is 0 Å². The molecule has 1 nitrogen and oxygen atoms in total. The van der Waals surface area contributed by atoms with Crippen LogP contribution < -0.4 is 5.32 Å². The van der Waals surface area contributed by atoms with Crippen molar-refractivity contribution in [2.45, 2.75) is 46.1 Å². The fourth-order valence-electron chi connectivity index (χ4n) is 1.66. The molecule has 0 saturated carbocycles. The molecular weight excluding hydrogens is 238 g/mol. The number of rotatable bonds is 7. The largest absolute Gasteiger partial charge is 0.309 e. The third-order valence-corrected chi connectivity index (χ3v) is 4.09. The van der Waals surface area contributed by atoms with E-state index in [0.717, 1.165) is 16.8 Å². The molecule has 1 heterocycles. The maximum absolute atomic E-state index is 5.91. The molecule has 0 aliphatic heterocycles. The molecule has 1 unspecified atom stereocenters. The molecule has 0 bridgehead atoms. The van der Waals surface area contributed by atoms with Gasteiger partial charge in [-0.1, -0.05) is 38.3 Å². The van der Waals surface area contributed by atoms with Crippen LogP contribution in [0.2, 0.25) is 4.34 Å². The Labute approximate surface area is 108 Å². The summed E-state index contributed by atoms with van der Waals surface area (Å²) in [5, 5.41) is 3.54. The summed E-state index contributed by atoms with van der Waals surface area (Å²) < 4.78 is 0.878. The van der Waals surface area contributed by atoms with Crippen LogP contribution >= 0.6 is 22.9 Å². The lowest BCUT2D eigenvalue weighted by Gasteiger charge is -2.12. The summed E-state index contributed by atoms with van der Waals surface area (Å²) >= 11 is 7.58. The second kappa shape index (κ2) is 7.31. The zero-order valence-electron chi connectivity index (χ0n) is 10.4. The molecule has 92 valence electrons. The Hall–Kier alpha value is -0.0500. The van der Waals surface area contributed by atoms with Gasteiger partial charge < -0.3 is 5.32 Å². The van der Waals surface area contributed by atoms with Crippen molar-refractivity contribution in [1.82, 2.24) is 5.32 Å². The second-order valence-electron chi connectivity index (χ2n) is 4.71. The highest BCUT2D eigenvalue weighted by Gasteiger charge is 2.06. The molecule has 0 aliphatic carbocycles. The van der Waals surface area contributed by atoms with Crippen LogP contribution in [0.5, 0.6) is 0 Å². The van der Waals surface area contributed by atoms with Gasteiger partial charge in [0.05, 0.1) is 4.34 Å². The van der Waals surface area contributed by atoms with Gasteiger partial charge in [0.25, 0.3) is 0 Å². The quantitative estimate of drug-likeness (QED) is 0.689. The molecule has 1 atom stereocenters. The molecule has 0 amide bonds. The Bertz CT molecular complexity index is 296. The van der Waals surface area contributed by atoms with Crippen LogP contribution in [0.1, 0.15) is 51.0 Å². The van der Waals surface area contributed by atoms with E-state index in [1.165, 1.54) is 24.1 Å². The van der Waals surface area contributed by atoms with Crippen molar-refractivity contribution in [3.05, 3.63) is 21.3 Å². The number of nitrogens with one attached hydrogen (secondary N) is 1. The highest BCUT2D eigenvalue weighted by molar-refractivity contribution is 7.16. The molecule has 1 rings (SSSR count). The predicted octanol–water partition coefficient (Wildman–Crippen LogP) is 4.88. The van der Waals surface area contributed by atoms with Crippen molar-refractivity contribution in [3.63, 3.8) is 0 Å². The van der Waals surface area contributed by atoms with E-state index < -0.39 is 0 Å². The second-order valence-corrected chi connectivity index (χ2v) is 6.45. The van der Waals surface area contributed by atoms with E-state index in [2.05, 4.69) is 32.2 Å². The van der Waals surface area contributed by atoms with E-state index in [1.807, 2.05) is 6.07 Å². The van der Waals surface area contributed by atoms with Gasteiger partial charge in [0, 0.05) is 10.9 Å². The predicted molar refractivity (Wildman–Crippen MR) is 74.4 cm³/mol. The number of thiophene rings is 1. The SMILES string of the molecule is CC(C)CCCCNC(C)c1ccc(Cl)s1. The maximum Gasteiger partial charge on any atom is 0.0931 e. The Kier molecular flexibility index (Phi) is 6.40. The van der Waals surface area contributed by atoms with Gasteiger partial charge in [0.2, 0.25) is 0 Å². The minimum Gasteiger partial charge on any atom is -0.309 e. The first-order valence-electron chi connectivity index (χ1n) is 6.08. The van der Waals surface area contributed by atoms with Crippen molar-refractivity contribution < 1.29 is 0 Å². The number of hydrogen-bond acceptors (Lipinski definition) is 2. The van der Waals surface area contributed by atoms with Gasteiger partial charge in [-0.05, 0) is 37.9 Å². The topological polar surface area (TPSA) is 12.0 Å². The van der Waals surface area contributed by atoms with Crippen molar-refractivity contribution in [1.29, 1.82) is 0 Å². The van der Waals surface area contributed by atoms with Crippen molar-refractivity contribution >= 4 is 22.9 Å². The molecule has 0 aromatic carbocycles. The van der Waals surface area contributed by atoms with E-state index in [1.54, 1.807) is 11.3 Å². The van der Waals surface area contributed by atoms with Crippen LogP contribution in [0.3, 0.4) is 0 Å². The number of halogens is 1. The van der Waals surface area contributed by atoms with Crippen molar-refractivity contribution in [3.8, 4) is 0 Å². The fourth-order valence-corrected chi connectivity index (χ4v) is 2.75. The Morgan fingerprint density at radius 1 is 1.25 bits per heavy atom. The summed E-state index contributed by atoms with van der Waals surface area (Å²) in [5.74, 6) is 0.827. The van der Waals surface area contributed by atoms with Crippen molar-refractivity contribution in [2.75, 3.05) is 6.54 Å². The maximum atomic E-state index is 5.91. The summed E-state index contributed by atoms with van der Waals surface area (Å²) in [6, 6.07) is 4.51. The standard InChI is InChI=1S/C13H22ClNS/c1-10(2)6-4-5-9-15-11(3)12-7-8-13(14)16-12/h7-8,10-11,15H,4-6,9H2,1-3H3. The molecule has 0 saturated heterocycles. The molecule has 1 N–H and O–H groups in total. The molecule has 16 heavy (non-hydrogen) atoms. The van der Waals surface area contributed by atoms with Gasteiger partial charge in [-0.15, -0.1) is 11.3 Å². The summed E-state index contributed by atoms with van der Waals surface area (Å²) in [5.41, 5.74) is 0. The van der Waals surface area contributed by atoms with Crippen LogP contribution in [0.15, 0.2) is 12.1 Å². The van der Waals surface area contributed by atoms with Gasteiger partial charge in [-0.3, -0.25) is 0 Å². The lowest BCUT2D eigenvalue weighted by atomic mass is 10.1. The highest BCUT2D eigenvalue weighted by Crippen LogP contribution is 2.26. The van der Waals surface area contributed by atoms with E-state index in [0.29, 0.717) is 6.04 Å². The average Bonchev–Trinajstić information content (AvgIpc) is 2.63. The Balaban J connectivity index is 2.13. The normalized spacial score (nSPS) is 13.3. The smallest absolute Gasteiger partial charge is 0.0931 e. The molecule has 1 aromatic heterocycles. The van der Waals surface area contributed by atoms with E-state index in [4.69, 9.17) is 11.6 Å². The third-order valence-electron chi connectivity index (χ3n) is 2.68. The summed E-state index contributed by atoms with van der Waals surface area (Å²) in [4.78, 5) is 1.33.